The highest BCUT2D eigenvalue weighted by molar-refractivity contribution is 5.82. The number of amides is 1. The van der Waals surface area contributed by atoms with Crippen LogP contribution in [-0.4, -0.2) is 18.0 Å². The summed E-state index contributed by atoms with van der Waals surface area (Å²) < 4.78 is 0. The van der Waals surface area contributed by atoms with Gasteiger partial charge < -0.3 is 11.1 Å². The lowest BCUT2D eigenvalue weighted by Gasteiger charge is -2.22. The SMILES string of the molecule is C[C@@H](NC(=O)[C@@H](N)Cc1ccccc1)C1CCCC1. The monoisotopic (exact) mass is 260 g/mol. The van der Waals surface area contributed by atoms with Crippen LogP contribution in [0.3, 0.4) is 0 Å². The smallest absolute Gasteiger partial charge is 0.237 e. The van der Waals surface area contributed by atoms with Gasteiger partial charge in [-0.15, -0.1) is 0 Å². The molecule has 1 aromatic rings. The van der Waals surface area contributed by atoms with Gasteiger partial charge in [-0.3, -0.25) is 4.79 Å². The first-order valence-electron chi connectivity index (χ1n) is 7.26. The predicted octanol–water partition coefficient (Wildman–Crippen LogP) is 2.25. The summed E-state index contributed by atoms with van der Waals surface area (Å²) in [6.45, 7) is 2.10. The van der Waals surface area contributed by atoms with Crippen LogP contribution in [0.15, 0.2) is 30.3 Å². The number of nitrogens with two attached hydrogens (primary N) is 1. The number of hydrogen-bond donors (Lipinski definition) is 2. The zero-order valence-electron chi connectivity index (χ0n) is 11.6. The van der Waals surface area contributed by atoms with E-state index < -0.39 is 6.04 Å². The molecule has 0 aromatic heterocycles. The average molecular weight is 260 g/mol. The van der Waals surface area contributed by atoms with Gasteiger partial charge in [-0.1, -0.05) is 43.2 Å². The van der Waals surface area contributed by atoms with Crippen LogP contribution in [0.1, 0.15) is 38.2 Å². The standard InChI is InChI=1S/C16H24N2O/c1-12(14-9-5-6-10-14)18-16(19)15(17)11-13-7-3-2-4-8-13/h2-4,7-8,12,14-15H,5-6,9-11,17H2,1H3,(H,18,19)/t12-,15+/m1/s1. The molecule has 0 saturated heterocycles. The van der Waals surface area contributed by atoms with Crippen molar-refractivity contribution < 1.29 is 4.79 Å². The number of carbonyl (C=O) groups is 1. The van der Waals surface area contributed by atoms with Gasteiger partial charge in [0.15, 0.2) is 0 Å². The van der Waals surface area contributed by atoms with Crippen LogP contribution in [-0.2, 0) is 11.2 Å². The Labute approximate surface area is 115 Å². The van der Waals surface area contributed by atoms with Crippen LogP contribution in [0.2, 0.25) is 0 Å². The molecule has 0 spiro atoms. The van der Waals surface area contributed by atoms with Gasteiger partial charge in [0.1, 0.15) is 0 Å². The lowest BCUT2D eigenvalue weighted by molar-refractivity contribution is -0.123. The van der Waals surface area contributed by atoms with Crippen LogP contribution in [0.5, 0.6) is 0 Å². The van der Waals surface area contributed by atoms with Crippen molar-refractivity contribution in [3.05, 3.63) is 35.9 Å². The van der Waals surface area contributed by atoms with Crippen LogP contribution in [0, 0.1) is 5.92 Å². The third kappa shape index (κ3) is 4.06. The van der Waals surface area contributed by atoms with Gasteiger partial charge in [0.25, 0.3) is 0 Å². The van der Waals surface area contributed by atoms with Crippen molar-refractivity contribution in [2.45, 2.75) is 51.1 Å². The predicted molar refractivity (Wildman–Crippen MR) is 77.7 cm³/mol. The van der Waals surface area contributed by atoms with Crippen molar-refractivity contribution >= 4 is 5.91 Å². The van der Waals surface area contributed by atoms with E-state index in [1.807, 2.05) is 30.3 Å². The highest BCUT2D eigenvalue weighted by atomic mass is 16.2. The highest BCUT2D eigenvalue weighted by Gasteiger charge is 2.24. The van der Waals surface area contributed by atoms with Gasteiger partial charge in [-0.05, 0) is 37.7 Å². The molecule has 3 nitrogen and oxygen atoms in total. The third-order valence-corrected chi connectivity index (χ3v) is 4.11. The first-order valence-corrected chi connectivity index (χ1v) is 7.26. The maximum Gasteiger partial charge on any atom is 0.237 e. The van der Waals surface area contributed by atoms with Crippen molar-refractivity contribution in [3.8, 4) is 0 Å². The number of hydrogen-bond acceptors (Lipinski definition) is 2. The molecule has 0 unspecified atom stereocenters. The molecule has 0 heterocycles. The second kappa shape index (κ2) is 6.71. The van der Waals surface area contributed by atoms with E-state index >= 15 is 0 Å². The Morgan fingerprint density at radius 1 is 1.32 bits per heavy atom. The fourth-order valence-corrected chi connectivity index (χ4v) is 2.87. The maximum atomic E-state index is 12.1. The van der Waals surface area contributed by atoms with Gasteiger partial charge in [-0.2, -0.15) is 0 Å². The molecule has 104 valence electrons. The molecule has 2 rings (SSSR count). The summed E-state index contributed by atoms with van der Waals surface area (Å²) in [4.78, 5) is 12.1. The van der Waals surface area contributed by atoms with Crippen molar-refractivity contribution in [2.75, 3.05) is 0 Å². The Morgan fingerprint density at radius 2 is 1.95 bits per heavy atom. The first-order chi connectivity index (χ1) is 9.16. The summed E-state index contributed by atoms with van der Waals surface area (Å²) in [5.74, 6) is 0.608. The first kappa shape index (κ1) is 14.1. The molecular weight excluding hydrogens is 236 g/mol. The second-order valence-electron chi connectivity index (χ2n) is 5.64. The minimum absolute atomic E-state index is 0.0248. The summed E-state index contributed by atoms with van der Waals surface area (Å²) in [5.41, 5.74) is 7.09. The molecule has 1 amide bonds. The molecule has 1 aliphatic carbocycles. The molecule has 0 radical (unpaired) electrons. The van der Waals surface area contributed by atoms with Crippen molar-refractivity contribution in [1.82, 2.24) is 5.32 Å². The number of rotatable bonds is 5. The van der Waals surface area contributed by atoms with E-state index in [1.165, 1.54) is 25.7 Å². The lowest BCUT2D eigenvalue weighted by atomic mass is 9.99. The molecule has 2 atom stereocenters. The molecule has 0 bridgehead atoms. The van der Waals surface area contributed by atoms with Gasteiger partial charge in [0.2, 0.25) is 5.91 Å². The van der Waals surface area contributed by atoms with Crippen LogP contribution in [0.25, 0.3) is 0 Å². The number of nitrogens with one attached hydrogen (secondary N) is 1. The largest absolute Gasteiger partial charge is 0.352 e. The summed E-state index contributed by atoms with van der Waals surface area (Å²) >= 11 is 0. The molecular formula is C16H24N2O. The molecule has 19 heavy (non-hydrogen) atoms. The van der Waals surface area contributed by atoms with E-state index in [4.69, 9.17) is 5.73 Å². The van der Waals surface area contributed by atoms with Crippen molar-refractivity contribution in [2.24, 2.45) is 11.7 Å². The number of carbonyl (C=O) groups excluding carboxylic acids is 1. The number of benzene rings is 1. The minimum Gasteiger partial charge on any atom is -0.352 e. The summed E-state index contributed by atoms with van der Waals surface area (Å²) in [6, 6.07) is 9.73. The highest BCUT2D eigenvalue weighted by Crippen LogP contribution is 2.27. The quantitative estimate of drug-likeness (QED) is 0.853. The van der Waals surface area contributed by atoms with E-state index in [1.54, 1.807) is 0 Å². The van der Waals surface area contributed by atoms with E-state index in [0.29, 0.717) is 12.3 Å². The Kier molecular flexibility index (Phi) is 4.97. The molecule has 3 heteroatoms. The normalized spacial score (nSPS) is 19.1. The molecule has 0 aliphatic heterocycles. The average Bonchev–Trinajstić information content (AvgIpc) is 2.93. The minimum atomic E-state index is -0.453. The zero-order chi connectivity index (χ0) is 13.7. The summed E-state index contributed by atoms with van der Waals surface area (Å²) in [5, 5.41) is 3.08. The zero-order valence-corrected chi connectivity index (χ0v) is 11.6. The van der Waals surface area contributed by atoms with Crippen molar-refractivity contribution in [1.29, 1.82) is 0 Å². The van der Waals surface area contributed by atoms with Gasteiger partial charge in [0.05, 0.1) is 6.04 Å². The topological polar surface area (TPSA) is 55.1 Å². The van der Waals surface area contributed by atoms with Crippen molar-refractivity contribution in [3.63, 3.8) is 0 Å². The second-order valence-corrected chi connectivity index (χ2v) is 5.64. The fourth-order valence-electron chi connectivity index (χ4n) is 2.87. The van der Waals surface area contributed by atoms with Crippen LogP contribution < -0.4 is 11.1 Å². The third-order valence-electron chi connectivity index (χ3n) is 4.11. The molecule has 1 fully saturated rings. The van der Waals surface area contributed by atoms with E-state index in [-0.39, 0.29) is 11.9 Å². The van der Waals surface area contributed by atoms with Gasteiger partial charge >= 0.3 is 0 Å². The molecule has 1 saturated carbocycles. The molecule has 1 aliphatic rings. The summed E-state index contributed by atoms with van der Waals surface area (Å²) in [6.07, 6.45) is 5.65. The van der Waals surface area contributed by atoms with E-state index in [2.05, 4.69) is 12.2 Å². The van der Waals surface area contributed by atoms with E-state index in [9.17, 15) is 4.79 Å². The summed E-state index contributed by atoms with van der Waals surface area (Å²) in [7, 11) is 0. The Morgan fingerprint density at radius 3 is 2.58 bits per heavy atom. The Hall–Kier alpha value is -1.35. The lowest BCUT2D eigenvalue weighted by Crippen LogP contribution is -2.47. The molecule has 1 aromatic carbocycles. The fraction of sp³-hybridized carbons (Fsp3) is 0.562. The molecule has 3 N–H and O–H groups in total. The van der Waals surface area contributed by atoms with Gasteiger partial charge in [0, 0.05) is 6.04 Å². The maximum absolute atomic E-state index is 12.1. The van der Waals surface area contributed by atoms with Crippen LogP contribution in [0.4, 0.5) is 0 Å². The Bertz CT molecular complexity index is 398. The van der Waals surface area contributed by atoms with E-state index in [0.717, 1.165) is 5.56 Å². The Balaban J connectivity index is 1.82. The van der Waals surface area contributed by atoms with Gasteiger partial charge in [-0.25, -0.2) is 0 Å². The van der Waals surface area contributed by atoms with Crippen LogP contribution >= 0.6 is 0 Å².